The van der Waals surface area contributed by atoms with E-state index in [4.69, 9.17) is 17.3 Å². The first-order valence-electron chi connectivity index (χ1n) is 6.19. The van der Waals surface area contributed by atoms with Crippen molar-refractivity contribution in [1.82, 2.24) is 19.3 Å². The van der Waals surface area contributed by atoms with E-state index in [0.29, 0.717) is 18.2 Å². The minimum Gasteiger partial charge on any atom is -0.369 e. The average molecular weight is 294 g/mol. The lowest BCUT2D eigenvalue weighted by Crippen LogP contribution is -2.06. The maximum atomic E-state index is 13.3. The van der Waals surface area contributed by atoms with Gasteiger partial charge in [0.05, 0.1) is 16.4 Å². The van der Waals surface area contributed by atoms with Gasteiger partial charge in [-0.15, -0.1) is 0 Å². The SMILES string of the molecule is CCn1nc(C)c2nc(N)n(-c3ccc(F)c(Cl)c3)c21. The topological polar surface area (TPSA) is 61.7 Å². The standard InChI is InChI=1S/C13H13ClFN5/c1-3-19-12-11(7(2)18-19)17-13(16)20(12)8-4-5-10(15)9(14)6-8/h4-6H,3H2,1-2H3,(H2,16,17). The van der Waals surface area contributed by atoms with E-state index >= 15 is 0 Å². The van der Waals surface area contributed by atoms with Crippen LogP contribution in [-0.2, 0) is 6.54 Å². The van der Waals surface area contributed by atoms with Gasteiger partial charge in [-0.2, -0.15) is 5.10 Å². The number of nitrogens with zero attached hydrogens (tertiary/aromatic N) is 4. The predicted molar refractivity (Wildman–Crippen MR) is 76.6 cm³/mol. The molecule has 0 fully saturated rings. The van der Waals surface area contributed by atoms with Crippen LogP contribution in [0.2, 0.25) is 5.02 Å². The third-order valence-corrected chi connectivity index (χ3v) is 3.49. The Labute approximate surface area is 119 Å². The number of nitrogen functional groups attached to an aromatic ring is 1. The number of aryl methyl sites for hydroxylation is 2. The van der Waals surface area contributed by atoms with Crippen molar-refractivity contribution < 1.29 is 4.39 Å². The van der Waals surface area contributed by atoms with Crippen molar-refractivity contribution in [2.45, 2.75) is 20.4 Å². The lowest BCUT2D eigenvalue weighted by Gasteiger charge is -2.08. The van der Waals surface area contributed by atoms with E-state index in [1.807, 2.05) is 18.5 Å². The fraction of sp³-hybridized carbons (Fsp3) is 0.231. The van der Waals surface area contributed by atoms with Crippen molar-refractivity contribution in [1.29, 1.82) is 0 Å². The van der Waals surface area contributed by atoms with Gasteiger partial charge < -0.3 is 5.73 Å². The van der Waals surface area contributed by atoms with Crippen LogP contribution in [0.5, 0.6) is 0 Å². The van der Waals surface area contributed by atoms with Crippen LogP contribution in [0.1, 0.15) is 12.6 Å². The average Bonchev–Trinajstić information content (AvgIpc) is 2.90. The molecule has 0 aliphatic carbocycles. The van der Waals surface area contributed by atoms with Crippen LogP contribution in [0, 0.1) is 12.7 Å². The predicted octanol–water partition coefficient (Wildman–Crippen LogP) is 2.93. The van der Waals surface area contributed by atoms with Gasteiger partial charge in [-0.3, -0.25) is 4.57 Å². The molecule has 0 unspecified atom stereocenters. The molecular formula is C13H13ClFN5. The largest absolute Gasteiger partial charge is 0.369 e. The Morgan fingerprint density at radius 3 is 2.80 bits per heavy atom. The fourth-order valence-electron chi connectivity index (χ4n) is 2.28. The molecule has 3 aromatic rings. The van der Waals surface area contributed by atoms with E-state index in [-0.39, 0.29) is 5.02 Å². The van der Waals surface area contributed by atoms with E-state index < -0.39 is 5.82 Å². The molecule has 0 saturated carbocycles. The summed E-state index contributed by atoms with van der Waals surface area (Å²) in [5.41, 5.74) is 8.97. The monoisotopic (exact) mass is 293 g/mol. The van der Waals surface area contributed by atoms with Crippen molar-refractivity contribution in [3.63, 3.8) is 0 Å². The molecule has 0 spiro atoms. The molecule has 0 radical (unpaired) electrons. The molecule has 2 heterocycles. The molecule has 0 amide bonds. The minimum absolute atomic E-state index is 0.0445. The van der Waals surface area contributed by atoms with Gasteiger partial charge in [0.15, 0.2) is 5.65 Å². The highest BCUT2D eigenvalue weighted by atomic mass is 35.5. The van der Waals surface area contributed by atoms with Crippen molar-refractivity contribution in [2.75, 3.05) is 5.73 Å². The van der Waals surface area contributed by atoms with Gasteiger partial charge >= 0.3 is 0 Å². The summed E-state index contributed by atoms with van der Waals surface area (Å²) in [4.78, 5) is 4.33. The van der Waals surface area contributed by atoms with Crippen molar-refractivity contribution in [3.8, 4) is 5.69 Å². The van der Waals surface area contributed by atoms with Crippen molar-refractivity contribution in [2.24, 2.45) is 0 Å². The molecular weight excluding hydrogens is 281 g/mol. The number of fused-ring (bicyclic) bond motifs is 1. The molecule has 3 rings (SSSR count). The van der Waals surface area contributed by atoms with Gasteiger partial charge in [0, 0.05) is 6.54 Å². The Bertz CT molecular complexity index is 805. The smallest absolute Gasteiger partial charge is 0.207 e. The number of imidazole rings is 1. The summed E-state index contributed by atoms with van der Waals surface area (Å²) in [6, 6.07) is 4.44. The second kappa shape index (κ2) is 4.49. The van der Waals surface area contributed by atoms with Gasteiger partial charge in [0.25, 0.3) is 0 Å². The van der Waals surface area contributed by atoms with Gasteiger partial charge in [-0.05, 0) is 32.0 Å². The third kappa shape index (κ3) is 1.76. The van der Waals surface area contributed by atoms with E-state index in [1.165, 1.54) is 12.1 Å². The van der Waals surface area contributed by atoms with E-state index in [9.17, 15) is 4.39 Å². The number of nitrogens with two attached hydrogens (primary N) is 1. The zero-order valence-electron chi connectivity index (χ0n) is 11.1. The van der Waals surface area contributed by atoms with Crippen LogP contribution in [0.3, 0.4) is 0 Å². The molecule has 104 valence electrons. The van der Waals surface area contributed by atoms with Crippen LogP contribution in [0.15, 0.2) is 18.2 Å². The maximum absolute atomic E-state index is 13.3. The molecule has 7 heteroatoms. The molecule has 20 heavy (non-hydrogen) atoms. The van der Waals surface area contributed by atoms with Crippen molar-refractivity contribution in [3.05, 3.63) is 34.7 Å². The number of hydrogen-bond acceptors (Lipinski definition) is 3. The van der Waals surface area contributed by atoms with Crippen LogP contribution in [0.4, 0.5) is 10.3 Å². The zero-order valence-corrected chi connectivity index (χ0v) is 11.8. The number of halogens is 2. The maximum Gasteiger partial charge on any atom is 0.207 e. The summed E-state index contributed by atoms with van der Waals surface area (Å²) < 4.78 is 16.8. The van der Waals surface area contributed by atoms with Crippen LogP contribution < -0.4 is 5.73 Å². The highest BCUT2D eigenvalue weighted by Gasteiger charge is 2.18. The lowest BCUT2D eigenvalue weighted by molar-refractivity contribution is 0.627. The lowest BCUT2D eigenvalue weighted by atomic mass is 10.3. The molecule has 1 aromatic carbocycles. The van der Waals surface area contributed by atoms with Crippen LogP contribution >= 0.6 is 11.6 Å². The molecule has 2 N–H and O–H groups in total. The Morgan fingerprint density at radius 2 is 2.15 bits per heavy atom. The molecule has 2 aromatic heterocycles. The second-order valence-electron chi connectivity index (χ2n) is 4.48. The summed E-state index contributed by atoms with van der Waals surface area (Å²) in [5.74, 6) is -0.143. The Kier molecular flexibility index (Phi) is 2.90. The van der Waals surface area contributed by atoms with E-state index in [2.05, 4.69) is 10.1 Å². The Morgan fingerprint density at radius 1 is 1.40 bits per heavy atom. The number of rotatable bonds is 2. The van der Waals surface area contributed by atoms with Gasteiger partial charge in [-0.25, -0.2) is 14.1 Å². The summed E-state index contributed by atoms with van der Waals surface area (Å²) in [7, 11) is 0. The van der Waals surface area contributed by atoms with Crippen LogP contribution in [0.25, 0.3) is 16.9 Å². The number of benzene rings is 1. The highest BCUT2D eigenvalue weighted by molar-refractivity contribution is 6.30. The summed E-state index contributed by atoms with van der Waals surface area (Å²) in [5, 5.41) is 4.45. The third-order valence-electron chi connectivity index (χ3n) is 3.20. The highest BCUT2D eigenvalue weighted by Crippen LogP contribution is 2.27. The number of hydrogen-bond donors (Lipinski definition) is 1. The molecule has 0 aliphatic heterocycles. The van der Waals surface area contributed by atoms with Gasteiger partial charge in [-0.1, -0.05) is 11.6 Å². The second-order valence-corrected chi connectivity index (χ2v) is 4.88. The van der Waals surface area contributed by atoms with Gasteiger partial charge in [0.2, 0.25) is 5.95 Å². The molecule has 0 saturated heterocycles. The molecule has 0 bridgehead atoms. The quantitative estimate of drug-likeness (QED) is 0.790. The van der Waals surface area contributed by atoms with E-state index in [0.717, 1.165) is 16.9 Å². The first kappa shape index (κ1) is 12.9. The van der Waals surface area contributed by atoms with Crippen molar-refractivity contribution >= 4 is 28.7 Å². The van der Waals surface area contributed by atoms with Gasteiger partial charge in [0.1, 0.15) is 11.3 Å². The first-order valence-corrected chi connectivity index (χ1v) is 6.57. The number of anilines is 1. The number of aromatic nitrogens is 4. The van der Waals surface area contributed by atoms with E-state index in [1.54, 1.807) is 10.6 Å². The molecule has 0 atom stereocenters. The fourth-order valence-corrected chi connectivity index (χ4v) is 2.46. The minimum atomic E-state index is -0.467. The Balaban J connectivity index is 2.34. The van der Waals surface area contributed by atoms with Crippen LogP contribution in [-0.4, -0.2) is 19.3 Å². The first-order chi connectivity index (χ1) is 9.52. The zero-order chi connectivity index (χ0) is 14.4. The normalized spacial score (nSPS) is 11.4. The Hall–Kier alpha value is -2.08. The molecule has 0 aliphatic rings. The molecule has 5 nitrogen and oxygen atoms in total. The summed E-state index contributed by atoms with van der Waals surface area (Å²) in [6.45, 7) is 4.55. The summed E-state index contributed by atoms with van der Waals surface area (Å²) in [6.07, 6.45) is 0. The summed E-state index contributed by atoms with van der Waals surface area (Å²) >= 11 is 5.84.